The molecule has 1 aliphatic heterocycles. The zero-order chi connectivity index (χ0) is 8.27. The van der Waals surface area contributed by atoms with E-state index in [1.807, 2.05) is 0 Å². The lowest BCUT2D eigenvalue weighted by Crippen LogP contribution is -2.49. The molecule has 0 bridgehead atoms. The molecule has 1 heteroatoms. The smallest absolute Gasteiger partial charge is 0.00246 e. The number of rotatable bonds is 4. The molecular weight excluding hydrogens is 134 g/mol. The van der Waals surface area contributed by atoms with E-state index in [4.69, 9.17) is 0 Å². The van der Waals surface area contributed by atoms with Crippen LogP contribution in [-0.4, -0.2) is 24.5 Å². The second kappa shape index (κ2) is 4.10. The Morgan fingerprint density at radius 1 is 1.18 bits per heavy atom. The first-order valence-electron chi connectivity index (χ1n) is 5.04. The summed E-state index contributed by atoms with van der Waals surface area (Å²) in [7, 11) is 0. The fourth-order valence-corrected chi connectivity index (χ4v) is 2.12. The summed E-state index contributed by atoms with van der Waals surface area (Å²) in [6.07, 6.45) is 2.75. The molecule has 11 heavy (non-hydrogen) atoms. The van der Waals surface area contributed by atoms with Gasteiger partial charge < -0.3 is 4.90 Å². The van der Waals surface area contributed by atoms with Crippen LogP contribution < -0.4 is 0 Å². The van der Waals surface area contributed by atoms with Crippen molar-refractivity contribution in [2.75, 3.05) is 19.6 Å². The summed E-state index contributed by atoms with van der Waals surface area (Å²) in [5.74, 6) is 2.02. The zero-order valence-corrected chi connectivity index (χ0v) is 8.14. The minimum Gasteiger partial charge on any atom is -0.303 e. The van der Waals surface area contributed by atoms with Crippen molar-refractivity contribution in [3.05, 3.63) is 0 Å². The van der Waals surface area contributed by atoms with Gasteiger partial charge in [0.15, 0.2) is 0 Å². The van der Waals surface area contributed by atoms with E-state index in [2.05, 4.69) is 25.7 Å². The molecule has 0 spiro atoms. The van der Waals surface area contributed by atoms with Crippen LogP contribution in [0.3, 0.4) is 0 Å². The molecule has 0 amide bonds. The van der Waals surface area contributed by atoms with Crippen molar-refractivity contribution in [1.82, 2.24) is 4.90 Å². The van der Waals surface area contributed by atoms with Gasteiger partial charge in [-0.3, -0.25) is 0 Å². The summed E-state index contributed by atoms with van der Waals surface area (Å²) < 4.78 is 0. The third-order valence-electron chi connectivity index (χ3n) is 3.15. The molecule has 0 aromatic heterocycles. The van der Waals surface area contributed by atoms with Crippen LogP contribution in [0.15, 0.2) is 0 Å². The Balaban J connectivity index is 2.19. The highest BCUT2D eigenvalue weighted by Crippen LogP contribution is 2.27. The quantitative estimate of drug-likeness (QED) is 0.602. The van der Waals surface area contributed by atoms with Gasteiger partial charge in [0.25, 0.3) is 0 Å². The van der Waals surface area contributed by atoms with E-state index in [-0.39, 0.29) is 0 Å². The second-order valence-electron chi connectivity index (χ2n) is 3.69. The Bertz CT molecular complexity index is 101. The van der Waals surface area contributed by atoms with E-state index in [1.54, 1.807) is 0 Å². The maximum Gasteiger partial charge on any atom is 0.00246 e. The molecule has 0 aliphatic carbocycles. The van der Waals surface area contributed by atoms with Crippen molar-refractivity contribution in [2.45, 2.75) is 33.6 Å². The molecule has 0 saturated carbocycles. The summed E-state index contributed by atoms with van der Waals surface area (Å²) in [4.78, 5) is 2.53. The standard InChI is InChI=1S/C10H21N/c1-4-9(5-2)10-7-11(6-3)8-10/h9-10H,4-8H2,1-3H3. The number of nitrogens with zero attached hydrogens (tertiary/aromatic N) is 1. The van der Waals surface area contributed by atoms with Gasteiger partial charge in [0.1, 0.15) is 0 Å². The van der Waals surface area contributed by atoms with E-state index in [0.29, 0.717) is 0 Å². The predicted octanol–water partition coefficient (Wildman–Crippen LogP) is 2.37. The van der Waals surface area contributed by atoms with E-state index < -0.39 is 0 Å². The SMILES string of the molecule is CCC(CC)C1CN(CC)C1. The molecule has 1 aliphatic rings. The van der Waals surface area contributed by atoms with E-state index in [0.717, 1.165) is 11.8 Å². The minimum absolute atomic E-state index is 0.998. The summed E-state index contributed by atoms with van der Waals surface area (Å²) in [6, 6.07) is 0. The Morgan fingerprint density at radius 2 is 1.73 bits per heavy atom. The lowest BCUT2D eigenvalue weighted by Gasteiger charge is -2.42. The highest BCUT2D eigenvalue weighted by Gasteiger charge is 2.29. The molecule has 0 aromatic rings. The van der Waals surface area contributed by atoms with Gasteiger partial charge in [-0.25, -0.2) is 0 Å². The Kier molecular flexibility index (Phi) is 3.38. The van der Waals surface area contributed by atoms with Crippen LogP contribution in [0.25, 0.3) is 0 Å². The lowest BCUT2D eigenvalue weighted by atomic mass is 9.82. The molecule has 0 aromatic carbocycles. The lowest BCUT2D eigenvalue weighted by molar-refractivity contribution is 0.0591. The number of hydrogen-bond donors (Lipinski definition) is 0. The van der Waals surface area contributed by atoms with Gasteiger partial charge in [0, 0.05) is 13.1 Å². The van der Waals surface area contributed by atoms with E-state index >= 15 is 0 Å². The third kappa shape index (κ3) is 1.96. The van der Waals surface area contributed by atoms with Crippen molar-refractivity contribution in [1.29, 1.82) is 0 Å². The Hall–Kier alpha value is -0.0400. The van der Waals surface area contributed by atoms with Crippen LogP contribution in [0.4, 0.5) is 0 Å². The molecule has 1 nitrogen and oxygen atoms in total. The van der Waals surface area contributed by atoms with E-state index in [9.17, 15) is 0 Å². The van der Waals surface area contributed by atoms with Crippen molar-refractivity contribution >= 4 is 0 Å². The molecule has 66 valence electrons. The zero-order valence-electron chi connectivity index (χ0n) is 8.14. The van der Waals surface area contributed by atoms with Crippen LogP contribution in [0, 0.1) is 11.8 Å². The highest BCUT2D eigenvalue weighted by molar-refractivity contribution is 4.83. The molecule has 0 unspecified atom stereocenters. The van der Waals surface area contributed by atoms with Crippen molar-refractivity contribution in [3.8, 4) is 0 Å². The van der Waals surface area contributed by atoms with Crippen LogP contribution in [0.5, 0.6) is 0 Å². The van der Waals surface area contributed by atoms with Gasteiger partial charge in [0.05, 0.1) is 0 Å². The molecule has 1 saturated heterocycles. The van der Waals surface area contributed by atoms with Gasteiger partial charge in [-0.05, 0) is 18.4 Å². The van der Waals surface area contributed by atoms with Crippen molar-refractivity contribution in [2.24, 2.45) is 11.8 Å². The maximum atomic E-state index is 2.53. The largest absolute Gasteiger partial charge is 0.303 e. The second-order valence-corrected chi connectivity index (χ2v) is 3.69. The molecule has 1 heterocycles. The molecule has 0 radical (unpaired) electrons. The first kappa shape index (κ1) is 9.05. The molecule has 1 rings (SSSR count). The topological polar surface area (TPSA) is 3.24 Å². The third-order valence-corrected chi connectivity index (χ3v) is 3.15. The summed E-state index contributed by atoms with van der Waals surface area (Å²) in [5, 5.41) is 0. The first-order valence-corrected chi connectivity index (χ1v) is 5.04. The van der Waals surface area contributed by atoms with Crippen molar-refractivity contribution < 1.29 is 0 Å². The molecule has 1 fully saturated rings. The van der Waals surface area contributed by atoms with Crippen LogP contribution >= 0.6 is 0 Å². The molecule has 0 atom stereocenters. The Morgan fingerprint density at radius 3 is 2.09 bits per heavy atom. The Labute approximate surface area is 70.8 Å². The number of hydrogen-bond acceptors (Lipinski definition) is 1. The average molecular weight is 155 g/mol. The van der Waals surface area contributed by atoms with Gasteiger partial charge in [0.2, 0.25) is 0 Å². The van der Waals surface area contributed by atoms with Crippen molar-refractivity contribution in [3.63, 3.8) is 0 Å². The summed E-state index contributed by atoms with van der Waals surface area (Å²) >= 11 is 0. The monoisotopic (exact) mass is 155 g/mol. The van der Waals surface area contributed by atoms with E-state index in [1.165, 1.54) is 32.5 Å². The van der Waals surface area contributed by atoms with Gasteiger partial charge in [-0.1, -0.05) is 33.6 Å². The summed E-state index contributed by atoms with van der Waals surface area (Å²) in [6.45, 7) is 10.9. The summed E-state index contributed by atoms with van der Waals surface area (Å²) in [5.41, 5.74) is 0. The maximum absolute atomic E-state index is 2.53. The van der Waals surface area contributed by atoms with Gasteiger partial charge in [-0.15, -0.1) is 0 Å². The number of likely N-dealkylation sites (tertiary alicyclic amines) is 1. The molecular formula is C10H21N. The van der Waals surface area contributed by atoms with Gasteiger partial charge in [-0.2, -0.15) is 0 Å². The molecule has 0 N–H and O–H groups in total. The minimum atomic E-state index is 0.998. The average Bonchev–Trinajstić information content (AvgIpc) is 1.95. The van der Waals surface area contributed by atoms with Crippen LogP contribution in [0.2, 0.25) is 0 Å². The fraction of sp³-hybridized carbons (Fsp3) is 1.00. The first-order chi connectivity index (χ1) is 5.31. The highest BCUT2D eigenvalue weighted by atomic mass is 15.2. The fourth-order valence-electron chi connectivity index (χ4n) is 2.12. The normalized spacial score (nSPS) is 20.7. The van der Waals surface area contributed by atoms with Gasteiger partial charge >= 0.3 is 0 Å². The van der Waals surface area contributed by atoms with Crippen LogP contribution in [-0.2, 0) is 0 Å². The predicted molar refractivity (Wildman–Crippen MR) is 49.7 cm³/mol. The van der Waals surface area contributed by atoms with Crippen LogP contribution in [0.1, 0.15) is 33.6 Å².